The molecule has 0 saturated carbocycles. The largest absolute Gasteiger partial charge is 0.508 e. The molecule has 8 atom stereocenters. The normalized spacial score (nSPS) is 23.4. The predicted molar refractivity (Wildman–Crippen MR) is 208 cm³/mol. The highest BCUT2D eigenvalue weighted by molar-refractivity contribution is 5.88. The van der Waals surface area contributed by atoms with Crippen molar-refractivity contribution in [2.24, 2.45) is 0 Å². The number of unbranched alkanes of at least 4 members (excludes halogenated alkanes) is 2. The Bertz CT molecular complexity index is 2110. The number of phenols is 2. The summed E-state index contributed by atoms with van der Waals surface area (Å²) in [5.74, 6) is -3.63. The van der Waals surface area contributed by atoms with Crippen LogP contribution in [-0.2, 0) is 66.6 Å². The van der Waals surface area contributed by atoms with E-state index in [2.05, 4.69) is 0 Å². The van der Waals surface area contributed by atoms with Crippen molar-refractivity contribution in [3.05, 3.63) is 65.0 Å². The van der Waals surface area contributed by atoms with E-state index in [0.29, 0.717) is 30.6 Å². The lowest BCUT2D eigenvalue weighted by molar-refractivity contribution is -0.323. The van der Waals surface area contributed by atoms with Crippen LogP contribution in [0.15, 0.2) is 64.0 Å². The van der Waals surface area contributed by atoms with E-state index in [1.807, 2.05) is 0 Å². The molecule has 61 heavy (non-hydrogen) atoms. The van der Waals surface area contributed by atoms with Crippen LogP contribution in [-0.4, -0.2) is 116 Å². The lowest BCUT2D eigenvalue weighted by Gasteiger charge is -2.45. The fourth-order valence-corrected chi connectivity index (χ4v) is 6.54. The number of carbonyl (C=O) groups excluding carboxylic acids is 5. The molecule has 1 saturated heterocycles. The number of benzene rings is 2. The van der Waals surface area contributed by atoms with Gasteiger partial charge in [-0.15, -0.1) is 0 Å². The second-order valence-corrected chi connectivity index (χ2v) is 14.0. The highest BCUT2D eigenvalue weighted by Gasteiger charge is 2.53. The Morgan fingerprint density at radius 2 is 1.31 bits per heavy atom. The number of hydrogen-bond acceptors (Lipinski definition) is 19. The summed E-state index contributed by atoms with van der Waals surface area (Å²) in [6.45, 7) is 5.46. The summed E-state index contributed by atoms with van der Waals surface area (Å²) in [4.78, 5) is 73.2. The van der Waals surface area contributed by atoms with Gasteiger partial charge in [-0.05, 0) is 43.0 Å². The second-order valence-electron chi connectivity index (χ2n) is 14.0. The molecule has 2 aliphatic rings. The second kappa shape index (κ2) is 21.5. The van der Waals surface area contributed by atoms with E-state index in [1.54, 1.807) is 24.3 Å². The van der Waals surface area contributed by atoms with E-state index in [0.717, 1.165) is 27.7 Å². The highest BCUT2D eigenvalue weighted by atomic mass is 16.8. The summed E-state index contributed by atoms with van der Waals surface area (Å²) in [5, 5.41) is 20.2. The first-order valence-corrected chi connectivity index (χ1v) is 19.3. The van der Waals surface area contributed by atoms with Crippen LogP contribution in [0, 0.1) is 0 Å². The van der Waals surface area contributed by atoms with Gasteiger partial charge in [0.15, 0.2) is 30.9 Å². The number of phenolic OH excluding ortho intramolecular Hbond substituents is 2. The van der Waals surface area contributed by atoms with Gasteiger partial charge in [0.25, 0.3) is 0 Å². The number of fused-ring (bicyclic) bond motifs is 1. The van der Waals surface area contributed by atoms with Crippen LogP contribution < -0.4 is 10.2 Å². The van der Waals surface area contributed by atoms with Crippen molar-refractivity contribution in [1.29, 1.82) is 0 Å². The lowest BCUT2D eigenvalue weighted by atomic mass is 9.97. The van der Waals surface area contributed by atoms with E-state index < -0.39 is 91.1 Å². The zero-order valence-corrected chi connectivity index (χ0v) is 34.1. The molecule has 330 valence electrons. The minimum Gasteiger partial charge on any atom is -0.508 e. The van der Waals surface area contributed by atoms with Gasteiger partial charge in [0.05, 0.1) is 18.8 Å². The molecule has 5 rings (SSSR count). The van der Waals surface area contributed by atoms with Gasteiger partial charge in [0, 0.05) is 46.8 Å². The fraction of sp³-hybridized carbons (Fsp3) is 0.476. The maximum Gasteiger partial charge on any atom is 0.303 e. The monoisotopic (exact) mass is 856 g/mol. The Morgan fingerprint density at radius 3 is 1.97 bits per heavy atom. The van der Waals surface area contributed by atoms with Gasteiger partial charge >= 0.3 is 29.8 Å². The summed E-state index contributed by atoms with van der Waals surface area (Å²) in [7, 11) is 0. The molecular formula is C42H48O19. The van der Waals surface area contributed by atoms with E-state index >= 15 is 0 Å². The molecule has 0 unspecified atom stereocenters. The third-order valence-corrected chi connectivity index (χ3v) is 9.17. The van der Waals surface area contributed by atoms with Gasteiger partial charge in [-0.3, -0.25) is 28.8 Å². The molecule has 3 aromatic rings. The quantitative estimate of drug-likeness (QED) is 0.0800. The average molecular weight is 857 g/mol. The van der Waals surface area contributed by atoms with Crippen LogP contribution in [0.5, 0.6) is 17.2 Å². The first kappa shape index (κ1) is 46.1. The smallest absolute Gasteiger partial charge is 0.303 e. The van der Waals surface area contributed by atoms with Crippen LogP contribution in [0.25, 0.3) is 22.1 Å². The minimum atomic E-state index is -1.51. The lowest BCUT2D eigenvalue weighted by Crippen LogP contribution is -2.63. The van der Waals surface area contributed by atoms with Crippen LogP contribution in [0.1, 0.15) is 53.9 Å². The van der Waals surface area contributed by atoms with E-state index in [-0.39, 0.29) is 47.9 Å². The molecule has 3 heterocycles. The topological polar surface area (TPSA) is 248 Å². The molecule has 0 bridgehead atoms. The third-order valence-electron chi connectivity index (χ3n) is 9.17. The highest BCUT2D eigenvalue weighted by Crippen LogP contribution is 2.33. The number of esters is 5. The van der Waals surface area contributed by atoms with Crippen molar-refractivity contribution in [3.63, 3.8) is 0 Å². The molecule has 0 amide bonds. The van der Waals surface area contributed by atoms with Crippen LogP contribution >= 0.6 is 0 Å². The molecule has 0 radical (unpaired) electrons. The van der Waals surface area contributed by atoms with Gasteiger partial charge in [0.2, 0.25) is 5.43 Å². The van der Waals surface area contributed by atoms with Crippen molar-refractivity contribution in [2.45, 2.75) is 103 Å². The number of ether oxygens (including phenoxy) is 10. The van der Waals surface area contributed by atoms with Gasteiger partial charge in [0.1, 0.15) is 66.0 Å². The average Bonchev–Trinajstić information content (AvgIpc) is 3.18. The molecule has 0 aliphatic carbocycles. The van der Waals surface area contributed by atoms with Crippen molar-refractivity contribution < 1.29 is 86.0 Å². The summed E-state index contributed by atoms with van der Waals surface area (Å²) in [6.07, 6.45) is -3.70. The minimum absolute atomic E-state index is 0.00253. The maximum atomic E-state index is 13.1. The number of rotatable bonds is 18. The molecule has 0 spiro atoms. The third kappa shape index (κ3) is 13.0. The van der Waals surface area contributed by atoms with Gasteiger partial charge < -0.3 is 62.0 Å². The van der Waals surface area contributed by atoms with Gasteiger partial charge in [-0.25, -0.2) is 0 Å². The number of hydrogen-bond donors (Lipinski definition) is 2. The van der Waals surface area contributed by atoms with Gasteiger partial charge in [-0.2, -0.15) is 0 Å². The Kier molecular flexibility index (Phi) is 16.2. The molecular weight excluding hydrogens is 808 g/mol. The standard InChI is InChI=1S/C42H48O19/c1-22(43)53-20-34-32(60-42-41(58-26(5)47)40(57-25(4)46)39(56-24(3)45)35(61-42)21-54-23(2)44)13-14-36(59-34)52-16-8-6-7-15-51-29-17-31(49)37-33(18-29)55-19-30(38(37)50)27-9-11-28(48)12-10-27/h9-14,17-19,32,34-36,39-42,48-49H,6-8,15-16,20-21H2,1-5H3/t32-,34+,35+,36-,39-,40-,41+,42+/m0/s1. The molecule has 2 aliphatic heterocycles. The summed E-state index contributed by atoms with van der Waals surface area (Å²) in [6, 6.07) is 8.89. The zero-order chi connectivity index (χ0) is 44.2. The van der Waals surface area contributed by atoms with E-state index in [4.69, 9.17) is 51.8 Å². The number of carbonyl (C=O) groups is 5. The van der Waals surface area contributed by atoms with Crippen molar-refractivity contribution in [1.82, 2.24) is 0 Å². The molecule has 19 heteroatoms. The predicted octanol–water partition coefficient (Wildman–Crippen LogP) is 3.75. The molecule has 1 aromatic heterocycles. The van der Waals surface area contributed by atoms with Crippen LogP contribution in [0.3, 0.4) is 0 Å². The van der Waals surface area contributed by atoms with Crippen molar-refractivity contribution in [3.8, 4) is 28.4 Å². The van der Waals surface area contributed by atoms with Crippen molar-refractivity contribution in [2.75, 3.05) is 26.4 Å². The zero-order valence-electron chi connectivity index (χ0n) is 34.1. The Balaban J connectivity index is 1.18. The molecule has 1 fully saturated rings. The van der Waals surface area contributed by atoms with Crippen molar-refractivity contribution >= 4 is 40.8 Å². The van der Waals surface area contributed by atoms with Crippen LogP contribution in [0.2, 0.25) is 0 Å². The Hall–Kier alpha value is -6.02. The molecule has 2 aromatic carbocycles. The van der Waals surface area contributed by atoms with E-state index in [9.17, 15) is 39.0 Å². The molecule has 2 N–H and O–H groups in total. The van der Waals surface area contributed by atoms with Gasteiger partial charge in [-0.1, -0.05) is 18.2 Å². The summed E-state index contributed by atoms with van der Waals surface area (Å²) in [5.41, 5.74) is 0.459. The number of aromatic hydroxyl groups is 2. The fourth-order valence-electron chi connectivity index (χ4n) is 6.54. The maximum absolute atomic E-state index is 13.1. The Morgan fingerprint density at radius 1 is 0.689 bits per heavy atom. The van der Waals surface area contributed by atoms with Crippen LogP contribution in [0.4, 0.5) is 0 Å². The molecule has 19 nitrogen and oxygen atoms in total. The SMILES string of the molecule is CC(=O)OC[C@H]1O[C@@H](O[C@H]2C=C[C@@H](OCCCCCOc3cc(O)c4c(=O)c(-c5ccc(O)cc5)coc4c3)O[C@@H]2COC(C)=O)[C@H](OC(C)=O)[C@@H](OC(C)=O)[C@H]1OC(C)=O. The summed E-state index contributed by atoms with van der Waals surface area (Å²) >= 11 is 0. The van der Waals surface area contributed by atoms with E-state index in [1.165, 1.54) is 37.5 Å². The Labute approximate surface area is 349 Å². The summed E-state index contributed by atoms with van der Waals surface area (Å²) < 4.78 is 62.4. The first-order chi connectivity index (χ1) is 29.1. The first-order valence-electron chi connectivity index (χ1n) is 19.3.